The normalized spacial score (nSPS) is 15.6. The van der Waals surface area contributed by atoms with Crippen molar-refractivity contribution in [2.75, 3.05) is 6.61 Å². The monoisotopic (exact) mass is 435 g/mol. The Morgan fingerprint density at radius 2 is 2.03 bits per heavy atom. The molecule has 0 aromatic carbocycles. The number of esters is 1. The average molecular weight is 436 g/mol. The van der Waals surface area contributed by atoms with Crippen molar-refractivity contribution in [3.8, 4) is 0 Å². The molecular weight excluding hydrogens is 406 g/mol. The van der Waals surface area contributed by atoms with E-state index in [1.54, 1.807) is 13.0 Å². The van der Waals surface area contributed by atoms with Gasteiger partial charge in [-0.25, -0.2) is 0 Å². The predicted molar refractivity (Wildman–Crippen MR) is 118 cm³/mol. The summed E-state index contributed by atoms with van der Waals surface area (Å²) in [7, 11) is 0. The number of halogens is 1. The van der Waals surface area contributed by atoms with E-state index in [0.717, 1.165) is 34.6 Å². The van der Waals surface area contributed by atoms with Gasteiger partial charge in [-0.1, -0.05) is 48.1 Å². The van der Waals surface area contributed by atoms with E-state index in [-0.39, 0.29) is 25.9 Å². The number of carbonyl (C=O) groups is 3. The lowest BCUT2D eigenvalue weighted by molar-refractivity contribution is -0.144. The SMILES string of the molecule is C=CC(=CC=C(C)CC(CC(=O)OCC)NC(=O)CCC(=O)O)C1=CCCC(Cl)=C1. The molecule has 164 valence electrons. The van der Waals surface area contributed by atoms with Crippen LogP contribution in [-0.4, -0.2) is 35.6 Å². The molecule has 7 heteroatoms. The van der Waals surface area contributed by atoms with Crippen LogP contribution >= 0.6 is 11.6 Å². The lowest BCUT2D eigenvalue weighted by atomic mass is 9.98. The quantitative estimate of drug-likeness (QED) is 0.345. The molecule has 0 bridgehead atoms. The number of amides is 1. The molecular formula is C23H30ClNO5. The van der Waals surface area contributed by atoms with Crippen LogP contribution in [0.4, 0.5) is 0 Å². The van der Waals surface area contributed by atoms with E-state index in [4.69, 9.17) is 21.4 Å². The third kappa shape index (κ3) is 10.3. The standard InChI is InChI=1S/C23H30ClNO5/c1-4-17(18-7-6-8-19(24)14-18)10-9-16(3)13-20(15-23(29)30-5-2)25-21(26)11-12-22(27)28/h4,7,9-10,14,20H,1,5-6,8,11-13,15H2,2-3H3,(H,25,26)(H,27,28). The van der Waals surface area contributed by atoms with E-state index in [2.05, 4.69) is 18.0 Å². The summed E-state index contributed by atoms with van der Waals surface area (Å²) in [5.74, 6) is -1.87. The van der Waals surface area contributed by atoms with Crippen LogP contribution in [0.5, 0.6) is 0 Å². The zero-order chi connectivity index (χ0) is 22.5. The highest BCUT2D eigenvalue weighted by Crippen LogP contribution is 2.25. The number of ether oxygens (including phenoxy) is 1. The summed E-state index contributed by atoms with van der Waals surface area (Å²) in [6.45, 7) is 7.72. The van der Waals surface area contributed by atoms with Gasteiger partial charge in [0.15, 0.2) is 0 Å². The van der Waals surface area contributed by atoms with Gasteiger partial charge in [-0.2, -0.15) is 0 Å². The van der Waals surface area contributed by atoms with Gasteiger partial charge in [-0.15, -0.1) is 0 Å². The van der Waals surface area contributed by atoms with Crippen molar-refractivity contribution in [2.24, 2.45) is 0 Å². The summed E-state index contributed by atoms with van der Waals surface area (Å²) in [6.07, 6.45) is 11.4. The van der Waals surface area contributed by atoms with Gasteiger partial charge >= 0.3 is 11.9 Å². The number of aliphatic carboxylic acids is 1. The van der Waals surface area contributed by atoms with Gasteiger partial charge in [-0.05, 0) is 50.3 Å². The number of carboxylic acids is 1. The van der Waals surface area contributed by atoms with Crippen molar-refractivity contribution in [2.45, 2.75) is 58.4 Å². The Balaban J connectivity index is 2.87. The summed E-state index contributed by atoms with van der Waals surface area (Å²) >= 11 is 6.13. The molecule has 0 aliphatic heterocycles. The fourth-order valence-electron chi connectivity index (χ4n) is 2.95. The van der Waals surface area contributed by atoms with Gasteiger partial charge in [0.25, 0.3) is 0 Å². The fourth-order valence-corrected chi connectivity index (χ4v) is 3.18. The largest absolute Gasteiger partial charge is 0.481 e. The molecule has 0 aromatic heterocycles. The van der Waals surface area contributed by atoms with E-state index < -0.39 is 23.9 Å². The Hall–Kier alpha value is -2.60. The third-order valence-corrected chi connectivity index (χ3v) is 4.68. The van der Waals surface area contributed by atoms with Crippen LogP contribution in [0.15, 0.2) is 58.7 Å². The molecule has 1 atom stereocenters. The summed E-state index contributed by atoms with van der Waals surface area (Å²) in [6, 6.07) is -0.481. The number of allylic oxidation sites excluding steroid dienone is 8. The highest BCUT2D eigenvalue weighted by molar-refractivity contribution is 6.29. The number of nitrogens with one attached hydrogen (secondary N) is 1. The molecule has 0 fully saturated rings. The molecule has 1 unspecified atom stereocenters. The maximum atomic E-state index is 12.0. The van der Waals surface area contributed by atoms with E-state index in [1.807, 2.05) is 25.2 Å². The Labute approximate surface area is 183 Å². The molecule has 0 spiro atoms. The predicted octanol–water partition coefficient (Wildman–Crippen LogP) is 4.58. The number of hydrogen-bond donors (Lipinski definition) is 2. The lowest BCUT2D eigenvalue weighted by Gasteiger charge is -2.18. The molecule has 1 aliphatic rings. The molecule has 0 aromatic rings. The second-order valence-electron chi connectivity index (χ2n) is 7.00. The van der Waals surface area contributed by atoms with Crippen LogP contribution in [0.25, 0.3) is 0 Å². The molecule has 0 heterocycles. The molecule has 0 saturated carbocycles. The molecule has 0 radical (unpaired) electrons. The van der Waals surface area contributed by atoms with E-state index in [0.29, 0.717) is 6.42 Å². The maximum absolute atomic E-state index is 12.0. The molecule has 1 rings (SSSR count). The molecule has 0 saturated heterocycles. The van der Waals surface area contributed by atoms with Crippen molar-refractivity contribution in [1.82, 2.24) is 5.32 Å². The summed E-state index contributed by atoms with van der Waals surface area (Å²) in [5.41, 5.74) is 2.88. The smallest absolute Gasteiger partial charge is 0.307 e. The van der Waals surface area contributed by atoms with Crippen LogP contribution in [-0.2, 0) is 19.1 Å². The summed E-state index contributed by atoms with van der Waals surface area (Å²) in [4.78, 5) is 34.6. The van der Waals surface area contributed by atoms with E-state index in [1.165, 1.54) is 0 Å². The van der Waals surface area contributed by atoms with Gasteiger partial charge in [-0.3, -0.25) is 14.4 Å². The minimum absolute atomic E-state index is 0.0133. The second kappa shape index (κ2) is 13.6. The van der Waals surface area contributed by atoms with Crippen LogP contribution in [0.3, 0.4) is 0 Å². The molecule has 6 nitrogen and oxygen atoms in total. The number of carboxylic acid groups (broad SMARTS) is 1. The third-order valence-electron chi connectivity index (χ3n) is 4.38. The first-order valence-electron chi connectivity index (χ1n) is 9.98. The van der Waals surface area contributed by atoms with Crippen LogP contribution < -0.4 is 5.32 Å². The van der Waals surface area contributed by atoms with E-state index >= 15 is 0 Å². The van der Waals surface area contributed by atoms with Crippen molar-refractivity contribution < 1.29 is 24.2 Å². The lowest BCUT2D eigenvalue weighted by Crippen LogP contribution is -2.37. The Morgan fingerprint density at radius 3 is 2.63 bits per heavy atom. The Kier molecular flexibility index (Phi) is 11.5. The second-order valence-corrected chi connectivity index (χ2v) is 7.49. The Morgan fingerprint density at radius 1 is 1.30 bits per heavy atom. The van der Waals surface area contributed by atoms with Gasteiger partial charge < -0.3 is 15.2 Å². The first kappa shape index (κ1) is 25.4. The average Bonchev–Trinajstić information content (AvgIpc) is 2.67. The zero-order valence-corrected chi connectivity index (χ0v) is 18.3. The summed E-state index contributed by atoms with van der Waals surface area (Å²) in [5, 5.41) is 12.3. The fraction of sp³-hybridized carbons (Fsp3) is 0.435. The minimum atomic E-state index is -1.04. The number of carbonyl (C=O) groups excluding carboxylic acids is 2. The minimum Gasteiger partial charge on any atom is -0.481 e. The Bertz CT molecular complexity index is 776. The maximum Gasteiger partial charge on any atom is 0.307 e. The molecule has 1 aliphatic carbocycles. The van der Waals surface area contributed by atoms with Crippen molar-refractivity contribution in [3.05, 3.63) is 58.7 Å². The van der Waals surface area contributed by atoms with Crippen LogP contribution in [0, 0.1) is 0 Å². The van der Waals surface area contributed by atoms with E-state index in [9.17, 15) is 14.4 Å². The first-order valence-corrected chi connectivity index (χ1v) is 10.4. The van der Waals surface area contributed by atoms with Gasteiger partial charge in [0.1, 0.15) is 0 Å². The zero-order valence-electron chi connectivity index (χ0n) is 17.6. The molecule has 1 amide bonds. The van der Waals surface area contributed by atoms with Gasteiger partial charge in [0, 0.05) is 17.5 Å². The van der Waals surface area contributed by atoms with Gasteiger partial charge in [0.2, 0.25) is 5.91 Å². The van der Waals surface area contributed by atoms with Crippen molar-refractivity contribution in [3.63, 3.8) is 0 Å². The number of rotatable bonds is 12. The first-order chi connectivity index (χ1) is 14.2. The van der Waals surface area contributed by atoms with Crippen LogP contribution in [0.1, 0.15) is 52.4 Å². The van der Waals surface area contributed by atoms with Crippen molar-refractivity contribution in [1.29, 1.82) is 0 Å². The summed E-state index contributed by atoms with van der Waals surface area (Å²) < 4.78 is 4.98. The number of hydrogen-bond acceptors (Lipinski definition) is 4. The van der Waals surface area contributed by atoms with Gasteiger partial charge in [0.05, 0.1) is 19.4 Å². The highest BCUT2D eigenvalue weighted by Gasteiger charge is 2.18. The highest BCUT2D eigenvalue weighted by atomic mass is 35.5. The van der Waals surface area contributed by atoms with Crippen molar-refractivity contribution >= 4 is 29.4 Å². The molecule has 30 heavy (non-hydrogen) atoms. The topological polar surface area (TPSA) is 92.7 Å². The van der Waals surface area contributed by atoms with Crippen LogP contribution in [0.2, 0.25) is 0 Å². The molecule has 2 N–H and O–H groups in total.